The van der Waals surface area contributed by atoms with E-state index in [1.807, 2.05) is 4.90 Å². The molecule has 1 aliphatic heterocycles. The number of hydrogen-bond donors (Lipinski definition) is 2. The zero-order valence-electron chi connectivity index (χ0n) is 8.09. The Morgan fingerprint density at radius 1 is 1.42 bits per heavy atom. The van der Waals surface area contributed by atoms with Gasteiger partial charge in [0, 0.05) is 25.2 Å². The van der Waals surface area contributed by atoms with E-state index in [0.29, 0.717) is 0 Å². The van der Waals surface area contributed by atoms with Gasteiger partial charge < -0.3 is 10.6 Å². The molecule has 70 valence electrons. The molecule has 4 heteroatoms. The van der Waals surface area contributed by atoms with Gasteiger partial charge in [0.25, 0.3) is 0 Å². The molecule has 0 aromatic heterocycles. The lowest BCUT2D eigenvalue weighted by Gasteiger charge is -2.45. The van der Waals surface area contributed by atoms with Crippen LogP contribution in [0.1, 0.15) is 13.8 Å². The number of guanidine groups is 1. The summed E-state index contributed by atoms with van der Waals surface area (Å²) in [6.07, 6.45) is 0. The van der Waals surface area contributed by atoms with E-state index in [9.17, 15) is 0 Å². The van der Waals surface area contributed by atoms with Gasteiger partial charge in [0.05, 0.1) is 0 Å². The maximum atomic E-state index is 7.32. The summed E-state index contributed by atoms with van der Waals surface area (Å²) in [5, 5.41) is 7.32. The van der Waals surface area contributed by atoms with E-state index < -0.39 is 0 Å². The van der Waals surface area contributed by atoms with Crippen molar-refractivity contribution in [3.05, 3.63) is 0 Å². The number of nitrogens with one attached hydrogen (secondary N) is 1. The minimum Gasteiger partial charge on any atom is -0.370 e. The molecule has 0 aromatic rings. The first-order valence-corrected chi connectivity index (χ1v) is 4.24. The van der Waals surface area contributed by atoms with Crippen molar-refractivity contribution in [3.8, 4) is 0 Å². The summed E-state index contributed by atoms with van der Waals surface area (Å²) in [6.45, 7) is 7.03. The second-order valence-corrected chi connectivity index (χ2v) is 4.04. The van der Waals surface area contributed by atoms with Crippen molar-refractivity contribution in [2.75, 3.05) is 26.7 Å². The molecule has 0 atom stereocenters. The summed E-state index contributed by atoms with van der Waals surface area (Å²) in [4.78, 5) is 4.21. The summed E-state index contributed by atoms with van der Waals surface area (Å²) < 4.78 is 0. The molecular formula is C8H18N4. The van der Waals surface area contributed by atoms with Crippen LogP contribution < -0.4 is 5.73 Å². The van der Waals surface area contributed by atoms with Crippen LogP contribution in [0.3, 0.4) is 0 Å². The van der Waals surface area contributed by atoms with Crippen LogP contribution >= 0.6 is 0 Å². The van der Waals surface area contributed by atoms with Crippen LogP contribution in [0.2, 0.25) is 0 Å². The SMILES string of the molecule is CN1CCN(C(=N)N)CC1(C)C. The first kappa shape index (κ1) is 9.32. The Morgan fingerprint density at radius 2 is 2.00 bits per heavy atom. The van der Waals surface area contributed by atoms with Gasteiger partial charge >= 0.3 is 0 Å². The standard InChI is InChI=1S/C8H18N4/c1-8(2)6-12(7(9)10)5-4-11(8)3/h4-6H2,1-3H3,(H3,9,10). The lowest BCUT2D eigenvalue weighted by Crippen LogP contribution is -2.60. The predicted molar refractivity (Wildman–Crippen MR) is 50.2 cm³/mol. The second-order valence-electron chi connectivity index (χ2n) is 4.04. The van der Waals surface area contributed by atoms with Gasteiger partial charge in [-0.3, -0.25) is 10.3 Å². The van der Waals surface area contributed by atoms with Crippen LogP contribution in [-0.2, 0) is 0 Å². The maximum absolute atomic E-state index is 7.32. The molecule has 1 aliphatic rings. The molecule has 0 bridgehead atoms. The summed E-state index contributed by atoms with van der Waals surface area (Å²) >= 11 is 0. The van der Waals surface area contributed by atoms with Crippen LogP contribution in [0.25, 0.3) is 0 Å². The smallest absolute Gasteiger partial charge is 0.188 e. The lowest BCUT2D eigenvalue weighted by atomic mass is 10.0. The van der Waals surface area contributed by atoms with Gasteiger partial charge in [-0.2, -0.15) is 0 Å². The van der Waals surface area contributed by atoms with E-state index in [1.54, 1.807) is 0 Å². The van der Waals surface area contributed by atoms with Gasteiger partial charge in [0.15, 0.2) is 5.96 Å². The third kappa shape index (κ3) is 1.69. The number of piperazine rings is 1. The number of nitrogens with two attached hydrogens (primary N) is 1. The Morgan fingerprint density at radius 3 is 2.42 bits per heavy atom. The maximum Gasteiger partial charge on any atom is 0.188 e. The van der Waals surface area contributed by atoms with E-state index in [0.717, 1.165) is 19.6 Å². The van der Waals surface area contributed by atoms with Crippen molar-refractivity contribution < 1.29 is 0 Å². The minimum atomic E-state index is 0.129. The van der Waals surface area contributed by atoms with Crippen LogP contribution in [0.4, 0.5) is 0 Å². The topological polar surface area (TPSA) is 56.4 Å². The van der Waals surface area contributed by atoms with Gasteiger partial charge in [-0.15, -0.1) is 0 Å². The van der Waals surface area contributed by atoms with Gasteiger partial charge in [-0.25, -0.2) is 0 Å². The van der Waals surface area contributed by atoms with Crippen molar-refractivity contribution in [1.82, 2.24) is 9.80 Å². The van der Waals surface area contributed by atoms with E-state index in [1.165, 1.54) is 0 Å². The average molecular weight is 170 g/mol. The molecule has 0 radical (unpaired) electrons. The number of hydrogen-bond acceptors (Lipinski definition) is 2. The van der Waals surface area contributed by atoms with Crippen LogP contribution in [-0.4, -0.2) is 48.0 Å². The van der Waals surface area contributed by atoms with Gasteiger partial charge in [0.1, 0.15) is 0 Å². The Hall–Kier alpha value is -0.770. The molecule has 0 aromatic carbocycles. The predicted octanol–water partition coefficient (Wildman–Crippen LogP) is -0.0941. The van der Waals surface area contributed by atoms with Gasteiger partial charge in [-0.05, 0) is 20.9 Å². The van der Waals surface area contributed by atoms with E-state index in [-0.39, 0.29) is 11.5 Å². The molecule has 1 heterocycles. The summed E-state index contributed by atoms with van der Waals surface area (Å²) in [5.74, 6) is 0.191. The molecule has 12 heavy (non-hydrogen) atoms. The summed E-state index contributed by atoms with van der Waals surface area (Å²) in [6, 6.07) is 0. The molecule has 1 saturated heterocycles. The fourth-order valence-corrected chi connectivity index (χ4v) is 1.45. The first-order chi connectivity index (χ1) is 5.43. The van der Waals surface area contributed by atoms with E-state index in [4.69, 9.17) is 11.1 Å². The Bertz CT molecular complexity index is 187. The van der Waals surface area contributed by atoms with Crippen molar-refractivity contribution in [3.63, 3.8) is 0 Å². The van der Waals surface area contributed by atoms with E-state index in [2.05, 4.69) is 25.8 Å². The Labute approximate surface area is 73.8 Å². The highest BCUT2D eigenvalue weighted by Crippen LogP contribution is 2.17. The third-order valence-electron chi connectivity index (χ3n) is 2.66. The Kier molecular flexibility index (Phi) is 2.28. The fraction of sp³-hybridized carbons (Fsp3) is 0.875. The van der Waals surface area contributed by atoms with Crippen molar-refractivity contribution in [1.29, 1.82) is 5.41 Å². The monoisotopic (exact) mass is 170 g/mol. The normalized spacial score (nSPS) is 24.1. The lowest BCUT2D eigenvalue weighted by molar-refractivity contribution is 0.0734. The van der Waals surface area contributed by atoms with Crippen molar-refractivity contribution in [2.45, 2.75) is 19.4 Å². The largest absolute Gasteiger partial charge is 0.370 e. The molecule has 4 nitrogen and oxygen atoms in total. The van der Waals surface area contributed by atoms with Gasteiger partial charge in [0.2, 0.25) is 0 Å². The highest BCUT2D eigenvalue weighted by molar-refractivity contribution is 5.74. The fourth-order valence-electron chi connectivity index (χ4n) is 1.45. The highest BCUT2D eigenvalue weighted by atomic mass is 15.3. The van der Waals surface area contributed by atoms with Crippen LogP contribution in [0, 0.1) is 5.41 Å². The highest BCUT2D eigenvalue weighted by Gasteiger charge is 2.31. The molecule has 1 rings (SSSR count). The van der Waals surface area contributed by atoms with E-state index >= 15 is 0 Å². The van der Waals surface area contributed by atoms with Crippen molar-refractivity contribution in [2.24, 2.45) is 5.73 Å². The third-order valence-corrected chi connectivity index (χ3v) is 2.66. The zero-order chi connectivity index (χ0) is 9.35. The van der Waals surface area contributed by atoms with Gasteiger partial charge in [-0.1, -0.05) is 0 Å². The second kappa shape index (κ2) is 2.94. The van der Waals surface area contributed by atoms with Crippen molar-refractivity contribution >= 4 is 5.96 Å². The molecule has 0 amide bonds. The number of nitrogens with zero attached hydrogens (tertiary/aromatic N) is 2. The molecule has 0 spiro atoms. The zero-order valence-corrected chi connectivity index (χ0v) is 8.09. The Balaban J connectivity index is 2.63. The molecule has 0 aliphatic carbocycles. The molecular weight excluding hydrogens is 152 g/mol. The molecule has 1 fully saturated rings. The molecule has 3 N–H and O–H groups in total. The molecule has 0 saturated carbocycles. The summed E-state index contributed by atoms with van der Waals surface area (Å²) in [5.41, 5.74) is 5.55. The van der Waals surface area contributed by atoms with Crippen LogP contribution in [0.5, 0.6) is 0 Å². The first-order valence-electron chi connectivity index (χ1n) is 4.24. The minimum absolute atomic E-state index is 0.129. The average Bonchev–Trinajstić information content (AvgIpc) is 1.94. The molecule has 0 unspecified atom stereocenters. The number of rotatable bonds is 0. The quantitative estimate of drug-likeness (QED) is 0.394. The number of likely N-dealkylation sites (N-methyl/N-ethyl adjacent to an activating group) is 1. The summed E-state index contributed by atoms with van der Waals surface area (Å²) in [7, 11) is 2.11. The van der Waals surface area contributed by atoms with Crippen LogP contribution in [0.15, 0.2) is 0 Å².